The van der Waals surface area contributed by atoms with Crippen LogP contribution in [-0.2, 0) is 10.0 Å². The van der Waals surface area contributed by atoms with E-state index in [1.807, 2.05) is 0 Å². The van der Waals surface area contributed by atoms with Crippen LogP contribution in [0.15, 0.2) is 29.3 Å². The topological polar surface area (TPSA) is 72.3 Å². The first-order valence-electron chi connectivity index (χ1n) is 7.56. The lowest BCUT2D eigenvalue weighted by atomic mass is 10.1. The van der Waals surface area contributed by atoms with Crippen LogP contribution in [0.5, 0.6) is 0 Å². The molecule has 0 radical (unpaired) electrons. The van der Waals surface area contributed by atoms with Gasteiger partial charge in [0, 0.05) is 25.2 Å². The van der Waals surface area contributed by atoms with Crippen molar-refractivity contribution in [2.24, 2.45) is 0 Å². The number of piperidine rings is 1. The molecule has 0 unspecified atom stereocenters. The van der Waals surface area contributed by atoms with Crippen LogP contribution in [-0.4, -0.2) is 41.1 Å². The molecule has 8 heteroatoms. The summed E-state index contributed by atoms with van der Waals surface area (Å²) in [4.78, 5) is 16.7. The average Bonchev–Trinajstić information content (AvgIpc) is 2.55. The molecule has 1 fully saturated rings. The van der Waals surface area contributed by atoms with Gasteiger partial charge in [0.25, 0.3) is 5.56 Å². The summed E-state index contributed by atoms with van der Waals surface area (Å²) in [6.07, 6.45) is 2.56. The lowest BCUT2D eigenvalue weighted by Gasteiger charge is -2.31. The van der Waals surface area contributed by atoms with E-state index < -0.39 is 15.8 Å². The Hall–Kier alpha value is -1.80. The van der Waals surface area contributed by atoms with Gasteiger partial charge >= 0.3 is 0 Å². The Kier molecular flexibility index (Phi) is 4.20. The predicted octanol–water partition coefficient (Wildman–Crippen LogP) is 1.52. The predicted molar refractivity (Wildman–Crippen MR) is 85.3 cm³/mol. The molecule has 3 rings (SSSR count). The number of aromatic nitrogens is 2. The molecule has 1 aliphatic heterocycles. The molecule has 124 valence electrons. The van der Waals surface area contributed by atoms with Crippen molar-refractivity contribution in [3.05, 3.63) is 40.7 Å². The maximum absolute atomic E-state index is 13.2. The maximum Gasteiger partial charge on any atom is 0.261 e. The van der Waals surface area contributed by atoms with Gasteiger partial charge in [-0.15, -0.1) is 0 Å². The third kappa shape index (κ3) is 3.00. The standard InChI is InChI=1S/C15H18FN3O3S/c1-2-23(21,22)18-7-5-12(6-8-18)19-10-17-14-9-11(16)3-4-13(14)15(19)20/h3-4,9-10,12H,2,5-8H2,1H3. The van der Waals surface area contributed by atoms with Crippen LogP contribution >= 0.6 is 0 Å². The summed E-state index contributed by atoms with van der Waals surface area (Å²) in [5, 5.41) is 0.373. The number of nitrogens with zero attached hydrogens (tertiary/aromatic N) is 3. The first-order chi connectivity index (χ1) is 10.9. The normalized spacial score (nSPS) is 17.7. The lowest BCUT2D eigenvalue weighted by molar-refractivity contribution is 0.270. The van der Waals surface area contributed by atoms with Gasteiger partial charge in [-0.1, -0.05) is 0 Å². The van der Waals surface area contributed by atoms with E-state index >= 15 is 0 Å². The third-order valence-corrected chi connectivity index (χ3v) is 6.20. The molecular weight excluding hydrogens is 321 g/mol. The highest BCUT2D eigenvalue weighted by Crippen LogP contribution is 2.23. The van der Waals surface area contributed by atoms with Crippen molar-refractivity contribution in [3.8, 4) is 0 Å². The molecule has 0 saturated carbocycles. The SMILES string of the molecule is CCS(=O)(=O)N1CCC(n2cnc3cc(F)ccc3c2=O)CC1. The molecule has 1 aromatic carbocycles. The van der Waals surface area contributed by atoms with Gasteiger partial charge < -0.3 is 0 Å². The summed E-state index contributed by atoms with van der Waals surface area (Å²) < 4.78 is 40.0. The van der Waals surface area contributed by atoms with E-state index in [0.717, 1.165) is 0 Å². The first kappa shape index (κ1) is 16.1. The van der Waals surface area contributed by atoms with Gasteiger partial charge in [-0.25, -0.2) is 22.1 Å². The van der Waals surface area contributed by atoms with Crippen LogP contribution in [0.3, 0.4) is 0 Å². The lowest BCUT2D eigenvalue weighted by Crippen LogP contribution is -2.41. The van der Waals surface area contributed by atoms with E-state index in [-0.39, 0.29) is 17.4 Å². The van der Waals surface area contributed by atoms with E-state index in [9.17, 15) is 17.6 Å². The quantitative estimate of drug-likeness (QED) is 0.850. The van der Waals surface area contributed by atoms with Gasteiger partial charge in [0.15, 0.2) is 0 Å². The molecule has 1 aromatic heterocycles. The Morgan fingerprint density at radius 3 is 2.65 bits per heavy atom. The summed E-state index contributed by atoms with van der Waals surface area (Å²) in [5.74, 6) is -0.346. The largest absolute Gasteiger partial charge is 0.296 e. The molecule has 0 aliphatic carbocycles. The van der Waals surface area contributed by atoms with Crippen LogP contribution in [0.4, 0.5) is 4.39 Å². The fourth-order valence-electron chi connectivity index (χ4n) is 2.95. The molecule has 0 N–H and O–H groups in total. The fraction of sp³-hybridized carbons (Fsp3) is 0.467. The molecule has 2 aromatic rings. The average molecular weight is 339 g/mol. The Bertz CT molecular complexity index is 886. The summed E-state index contributed by atoms with van der Waals surface area (Å²) >= 11 is 0. The van der Waals surface area contributed by atoms with E-state index in [2.05, 4.69) is 4.98 Å². The molecule has 23 heavy (non-hydrogen) atoms. The highest BCUT2D eigenvalue weighted by Gasteiger charge is 2.28. The minimum absolute atomic E-state index is 0.0840. The second-order valence-electron chi connectivity index (χ2n) is 5.65. The number of hydrogen-bond donors (Lipinski definition) is 0. The second-order valence-corrected chi connectivity index (χ2v) is 7.91. The van der Waals surface area contributed by atoms with Crippen LogP contribution in [0.25, 0.3) is 10.9 Å². The summed E-state index contributed by atoms with van der Waals surface area (Å²) in [6, 6.07) is 3.82. The minimum Gasteiger partial charge on any atom is -0.296 e. The zero-order valence-corrected chi connectivity index (χ0v) is 13.6. The van der Waals surface area contributed by atoms with Crippen molar-refractivity contribution in [1.29, 1.82) is 0 Å². The first-order valence-corrected chi connectivity index (χ1v) is 9.17. The molecule has 1 saturated heterocycles. The molecule has 2 heterocycles. The van der Waals surface area contributed by atoms with E-state index in [0.29, 0.717) is 36.8 Å². The highest BCUT2D eigenvalue weighted by atomic mass is 32.2. The summed E-state index contributed by atoms with van der Waals surface area (Å²) in [6.45, 7) is 2.42. The molecule has 6 nitrogen and oxygen atoms in total. The maximum atomic E-state index is 13.2. The summed E-state index contributed by atoms with van der Waals surface area (Å²) in [7, 11) is -3.19. The molecule has 0 atom stereocenters. The molecular formula is C15H18FN3O3S. The van der Waals surface area contributed by atoms with E-state index in [1.165, 1.54) is 33.4 Å². The van der Waals surface area contributed by atoms with Crippen molar-refractivity contribution < 1.29 is 12.8 Å². The van der Waals surface area contributed by atoms with Gasteiger partial charge in [0.05, 0.1) is 23.0 Å². The van der Waals surface area contributed by atoms with Crippen LogP contribution < -0.4 is 5.56 Å². The van der Waals surface area contributed by atoms with E-state index in [1.54, 1.807) is 6.92 Å². The molecule has 0 amide bonds. The Balaban J connectivity index is 1.87. The van der Waals surface area contributed by atoms with Crippen LogP contribution in [0, 0.1) is 5.82 Å². The monoisotopic (exact) mass is 339 g/mol. The fourth-order valence-corrected chi connectivity index (χ4v) is 4.08. The zero-order chi connectivity index (χ0) is 16.6. The van der Waals surface area contributed by atoms with Crippen molar-refractivity contribution in [2.45, 2.75) is 25.8 Å². The minimum atomic E-state index is -3.19. The number of rotatable bonds is 3. The van der Waals surface area contributed by atoms with Gasteiger partial charge in [-0.3, -0.25) is 9.36 Å². The number of halogens is 1. The Morgan fingerprint density at radius 2 is 2.00 bits per heavy atom. The van der Waals surface area contributed by atoms with Gasteiger partial charge in [-0.05, 0) is 31.9 Å². The van der Waals surface area contributed by atoms with Gasteiger partial charge in [0.2, 0.25) is 10.0 Å². The molecule has 0 spiro atoms. The van der Waals surface area contributed by atoms with Crippen LogP contribution in [0.1, 0.15) is 25.8 Å². The number of sulfonamides is 1. The highest BCUT2D eigenvalue weighted by molar-refractivity contribution is 7.89. The Morgan fingerprint density at radius 1 is 1.30 bits per heavy atom. The van der Waals surface area contributed by atoms with E-state index in [4.69, 9.17) is 0 Å². The van der Waals surface area contributed by atoms with Crippen LogP contribution in [0.2, 0.25) is 0 Å². The van der Waals surface area contributed by atoms with Crippen molar-refractivity contribution in [3.63, 3.8) is 0 Å². The van der Waals surface area contributed by atoms with Gasteiger partial charge in [0.1, 0.15) is 5.82 Å². The summed E-state index contributed by atoms with van der Waals surface area (Å²) in [5.41, 5.74) is 0.115. The van der Waals surface area contributed by atoms with Crippen molar-refractivity contribution in [1.82, 2.24) is 13.9 Å². The van der Waals surface area contributed by atoms with Crippen molar-refractivity contribution >= 4 is 20.9 Å². The second kappa shape index (κ2) is 6.01. The number of benzene rings is 1. The van der Waals surface area contributed by atoms with Gasteiger partial charge in [-0.2, -0.15) is 0 Å². The molecule has 0 bridgehead atoms. The number of hydrogen-bond acceptors (Lipinski definition) is 4. The molecule has 1 aliphatic rings. The smallest absolute Gasteiger partial charge is 0.261 e. The third-order valence-electron chi connectivity index (χ3n) is 4.32. The zero-order valence-electron chi connectivity index (χ0n) is 12.8. The van der Waals surface area contributed by atoms with Crippen molar-refractivity contribution in [2.75, 3.05) is 18.8 Å². The number of fused-ring (bicyclic) bond motifs is 1. The Labute approximate surface area is 133 Å².